The Labute approximate surface area is 207 Å². The van der Waals surface area contributed by atoms with Crippen molar-refractivity contribution in [2.24, 2.45) is 5.10 Å². The Bertz CT molecular complexity index is 1360. The standard InChI is InChI=1S/C24H21ClFN3O5S/c1-16-5-8-18(9-6-16)35(31,32)29(13-19-20(25)3-2-4-21(19)26)14-24(30)28-27-12-17-7-10-22-23(11-17)34-15-33-22/h2-12H,13-15H2,1H3,(H,28,30). The number of fused-ring (bicyclic) bond motifs is 1. The molecule has 3 aromatic rings. The van der Waals surface area contributed by atoms with Gasteiger partial charge in [-0.2, -0.15) is 9.41 Å². The van der Waals surface area contributed by atoms with Gasteiger partial charge in [-0.25, -0.2) is 18.2 Å². The molecule has 0 saturated heterocycles. The topological polar surface area (TPSA) is 97.3 Å². The Balaban J connectivity index is 1.53. The number of amides is 1. The van der Waals surface area contributed by atoms with E-state index >= 15 is 0 Å². The van der Waals surface area contributed by atoms with Gasteiger partial charge in [0.1, 0.15) is 5.82 Å². The van der Waals surface area contributed by atoms with E-state index in [4.69, 9.17) is 21.1 Å². The van der Waals surface area contributed by atoms with Crippen LogP contribution in [0.15, 0.2) is 70.7 Å². The van der Waals surface area contributed by atoms with Crippen molar-refractivity contribution in [3.8, 4) is 11.5 Å². The van der Waals surface area contributed by atoms with Gasteiger partial charge in [0, 0.05) is 17.1 Å². The Morgan fingerprint density at radius 1 is 1.14 bits per heavy atom. The fraction of sp³-hybridized carbons (Fsp3) is 0.167. The van der Waals surface area contributed by atoms with Crippen LogP contribution in [-0.4, -0.2) is 38.2 Å². The number of hydrogen-bond acceptors (Lipinski definition) is 6. The van der Waals surface area contributed by atoms with Crippen molar-refractivity contribution in [3.63, 3.8) is 0 Å². The molecule has 0 unspecified atom stereocenters. The molecule has 1 heterocycles. The zero-order chi connectivity index (χ0) is 25.0. The molecule has 0 bridgehead atoms. The summed E-state index contributed by atoms with van der Waals surface area (Å²) in [5.74, 6) is -0.236. The maximum atomic E-state index is 14.4. The Morgan fingerprint density at radius 2 is 1.89 bits per heavy atom. The molecule has 182 valence electrons. The van der Waals surface area contributed by atoms with Gasteiger partial charge in [-0.05, 0) is 55.0 Å². The van der Waals surface area contributed by atoms with Gasteiger partial charge in [0.25, 0.3) is 5.91 Å². The minimum atomic E-state index is -4.16. The zero-order valence-electron chi connectivity index (χ0n) is 18.6. The van der Waals surface area contributed by atoms with Crippen molar-refractivity contribution >= 4 is 33.7 Å². The molecule has 4 rings (SSSR count). The molecule has 1 N–H and O–H groups in total. The van der Waals surface area contributed by atoms with Crippen molar-refractivity contribution in [3.05, 3.63) is 88.2 Å². The van der Waals surface area contributed by atoms with Gasteiger partial charge in [0.05, 0.1) is 17.7 Å². The van der Waals surface area contributed by atoms with E-state index in [0.717, 1.165) is 9.87 Å². The Hall–Kier alpha value is -3.47. The first-order valence-electron chi connectivity index (χ1n) is 10.5. The molecule has 0 saturated carbocycles. The van der Waals surface area contributed by atoms with Gasteiger partial charge in [0.15, 0.2) is 11.5 Å². The second-order valence-electron chi connectivity index (χ2n) is 7.69. The highest BCUT2D eigenvalue weighted by Crippen LogP contribution is 2.32. The van der Waals surface area contributed by atoms with Crippen molar-refractivity contribution < 1.29 is 27.1 Å². The summed E-state index contributed by atoms with van der Waals surface area (Å²) >= 11 is 6.11. The van der Waals surface area contributed by atoms with Gasteiger partial charge >= 0.3 is 0 Å². The predicted molar refractivity (Wildman–Crippen MR) is 128 cm³/mol. The molecule has 11 heteroatoms. The number of benzene rings is 3. The average molecular weight is 518 g/mol. The third-order valence-electron chi connectivity index (χ3n) is 5.17. The smallest absolute Gasteiger partial charge is 0.255 e. The van der Waals surface area contributed by atoms with E-state index in [1.807, 2.05) is 6.92 Å². The number of ether oxygens (including phenoxy) is 2. The quantitative estimate of drug-likeness (QED) is 0.361. The van der Waals surface area contributed by atoms with Crippen LogP contribution in [-0.2, 0) is 21.4 Å². The van der Waals surface area contributed by atoms with Crippen LogP contribution in [0.3, 0.4) is 0 Å². The number of hydrazone groups is 1. The number of nitrogens with one attached hydrogen (secondary N) is 1. The third kappa shape index (κ3) is 5.79. The minimum Gasteiger partial charge on any atom is -0.454 e. The van der Waals surface area contributed by atoms with Crippen molar-refractivity contribution in [1.82, 2.24) is 9.73 Å². The second-order valence-corrected chi connectivity index (χ2v) is 10.0. The molecule has 0 spiro atoms. The number of halogens is 2. The highest BCUT2D eigenvalue weighted by atomic mass is 35.5. The van der Waals surface area contributed by atoms with Gasteiger partial charge in [-0.1, -0.05) is 35.4 Å². The minimum absolute atomic E-state index is 0.0350. The molecule has 0 atom stereocenters. The molecule has 0 radical (unpaired) electrons. The number of carbonyl (C=O) groups excluding carboxylic acids is 1. The normalized spacial score (nSPS) is 12.9. The lowest BCUT2D eigenvalue weighted by molar-refractivity contribution is -0.121. The summed E-state index contributed by atoms with van der Waals surface area (Å²) in [6.45, 7) is 0.892. The summed E-state index contributed by atoms with van der Waals surface area (Å²) in [5.41, 5.74) is 3.76. The van der Waals surface area contributed by atoms with Crippen LogP contribution < -0.4 is 14.9 Å². The van der Waals surface area contributed by atoms with E-state index in [2.05, 4.69) is 10.5 Å². The number of nitrogens with zero attached hydrogens (tertiary/aromatic N) is 2. The first-order valence-corrected chi connectivity index (χ1v) is 12.3. The van der Waals surface area contributed by atoms with Crippen LogP contribution in [0, 0.1) is 12.7 Å². The number of rotatable bonds is 8. The molecule has 0 fully saturated rings. The van der Waals surface area contributed by atoms with E-state index < -0.39 is 34.8 Å². The molecule has 0 aromatic heterocycles. The number of hydrogen-bond donors (Lipinski definition) is 1. The SMILES string of the molecule is Cc1ccc(S(=O)(=O)N(CC(=O)NN=Cc2ccc3c(c2)OCO3)Cc2c(F)cccc2Cl)cc1. The molecular weight excluding hydrogens is 497 g/mol. The first-order chi connectivity index (χ1) is 16.7. The molecule has 3 aromatic carbocycles. The van der Waals surface area contributed by atoms with E-state index in [9.17, 15) is 17.6 Å². The summed E-state index contributed by atoms with van der Waals surface area (Å²) in [7, 11) is -4.16. The summed E-state index contributed by atoms with van der Waals surface area (Å²) < 4.78 is 52.5. The fourth-order valence-corrected chi connectivity index (χ4v) is 4.90. The van der Waals surface area contributed by atoms with Gasteiger partial charge < -0.3 is 9.47 Å². The molecule has 35 heavy (non-hydrogen) atoms. The van der Waals surface area contributed by atoms with Crippen LogP contribution in [0.25, 0.3) is 0 Å². The number of sulfonamides is 1. The molecule has 1 aliphatic rings. The van der Waals surface area contributed by atoms with Gasteiger partial charge in [-0.3, -0.25) is 4.79 Å². The molecular formula is C24H21ClFN3O5S. The average Bonchev–Trinajstić information content (AvgIpc) is 3.29. The van der Waals surface area contributed by atoms with Crippen molar-refractivity contribution in [2.45, 2.75) is 18.4 Å². The van der Waals surface area contributed by atoms with Crippen LogP contribution >= 0.6 is 11.6 Å². The summed E-state index contributed by atoms with van der Waals surface area (Å²) in [6, 6.07) is 15.3. The van der Waals surface area contributed by atoms with Crippen LogP contribution in [0.2, 0.25) is 5.02 Å². The summed E-state index contributed by atoms with van der Waals surface area (Å²) in [4.78, 5) is 12.6. The third-order valence-corrected chi connectivity index (χ3v) is 7.33. The second kappa shape index (κ2) is 10.4. The van der Waals surface area contributed by atoms with Crippen molar-refractivity contribution in [2.75, 3.05) is 13.3 Å². The first kappa shape index (κ1) is 24.6. The van der Waals surface area contributed by atoms with E-state index in [-0.39, 0.29) is 22.3 Å². The van der Waals surface area contributed by atoms with Crippen LogP contribution in [0.5, 0.6) is 11.5 Å². The highest BCUT2D eigenvalue weighted by molar-refractivity contribution is 7.89. The fourth-order valence-electron chi connectivity index (χ4n) is 3.31. The maximum Gasteiger partial charge on any atom is 0.255 e. The zero-order valence-corrected chi connectivity index (χ0v) is 20.1. The lowest BCUT2D eigenvalue weighted by Gasteiger charge is -2.22. The van der Waals surface area contributed by atoms with E-state index in [0.29, 0.717) is 17.1 Å². The summed E-state index contributed by atoms with van der Waals surface area (Å²) in [6.07, 6.45) is 1.38. The van der Waals surface area contributed by atoms with Crippen LogP contribution in [0.4, 0.5) is 4.39 Å². The summed E-state index contributed by atoms with van der Waals surface area (Å²) in [5, 5.41) is 3.94. The molecule has 1 aliphatic heterocycles. The van der Waals surface area contributed by atoms with Gasteiger partial charge in [0.2, 0.25) is 16.8 Å². The highest BCUT2D eigenvalue weighted by Gasteiger charge is 2.28. The Kier molecular flexibility index (Phi) is 7.34. The number of carbonyl (C=O) groups is 1. The number of aryl methyl sites for hydroxylation is 1. The van der Waals surface area contributed by atoms with E-state index in [1.54, 1.807) is 30.3 Å². The monoisotopic (exact) mass is 517 g/mol. The molecule has 0 aliphatic carbocycles. The van der Waals surface area contributed by atoms with E-state index in [1.165, 1.54) is 36.5 Å². The Morgan fingerprint density at radius 3 is 2.63 bits per heavy atom. The molecule has 1 amide bonds. The van der Waals surface area contributed by atoms with Gasteiger partial charge in [-0.15, -0.1) is 0 Å². The van der Waals surface area contributed by atoms with Crippen molar-refractivity contribution in [1.29, 1.82) is 0 Å². The maximum absolute atomic E-state index is 14.4. The van der Waals surface area contributed by atoms with Crippen LogP contribution in [0.1, 0.15) is 16.7 Å². The predicted octanol–water partition coefficient (Wildman–Crippen LogP) is 3.86. The molecule has 8 nitrogen and oxygen atoms in total. The lowest BCUT2D eigenvalue weighted by Crippen LogP contribution is -2.39. The lowest BCUT2D eigenvalue weighted by atomic mass is 10.2. The largest absolute Gasteiger partial charge is 0.454 e.